The summed E-state index contributed by atoms with van der Waals surface area (Å²) in [4.78, 5) is 6.85. The summed E-state index contributed by atoms with van der Waals surface area (Å²) in [6.07, 6.45) is 4.05. The zero-order valence-corrected chi connectivity index (χ0v) is 13.4. The Bertz CT molecular complexity index is 741. The van der Waals surface area contributed by atoms with Gasteiger partial charge in [-0.25, -0.2) is 0 Å². The number of rotatable bonds is 2. The first kappa shape index (κ1) is 14.6. The Balaban J connectivity index is 2.16. The molecule has 1 aromatic carbocycles. The van der Waals surface area contributed by atoms with E-state index < -0.39 is 0 Å². The van der Waals surface area contributed by atoms with E-state index in [1.165, 1.54) is 11.3 Å². The molecule has 3 rings (SSSR count). The van der Waals surface area contributed by atoms with Crippen LogP contribution in [-0.4, -0.2) is 17.6 Å². The molecule has 0 N–H and O–H groups in total. The molecule has 0 saturated carbocycles. The molecule has 22 heavy (non-hydrogen) atoms. The molecule has 3 nitrogen and oxygen atoms in total. The third-order valence-corrected chi connectivity index (χ3v) is 4.31. The number of aromatic nitrogens is 1. The summed E-state index contributed by atoms with van der Waals surface area (Å²) < 4.78 is 0. The molecular formula is C19H21N3. The lowest BCUT2D eigenvalue weighted by Crippen LogP contribution is -2.35. The van der Waals surface area contributed by atoms with Crippen LogP contribution < -0.4 is 4.90 Å². The number of nitriles is 1. The molecular weight excluding hydrogens is 270 g/mol. The van der Waals surface area contributed by atoms with Crippen LogP contribution in [0.2, 0.25) is 0 Å². The average Bonchev–Trinajstić information content (AvgIpc) is 2.52. The van der Waals surface area contributed by atoms with Crippen LogP contribution in [-0.2, 0) is 6.42 Å². The molecule has 0 bridgehead atoms. The summed E-state index contributed by atoms with van der Waals surface area (Å²) in [7, 11) is 0. The van der Waals surface area contributed by atoms with Gasteiger partial charge in [0.05, 0.1) is 17.3 Å². The van der Waals surface area contributed by atoms with E-state index in [0.29, 0.717) is 11.6 Å². The van der Waals surface area contributed by atoms with Gasteiger partial charge in [0.25, 0.3) is 0 Å². The number of aryl methyl sites for hydroxylation is 2. The fourth-order valence-electron chi connectivity index (χ4n) is 3.19. The molecule has 112 valence electrons. The van der Waals surface area contributed by atoms with Crippen LogP contribution in [0.1, 0.15) is 37.0 Å². The second-order valence-corrected chi connectivity index (χ2v) is 6.25. The largest absolute Gasteiger partial charge is 0.369 e. The number of pyridine rings is 1. The molecule has 0 radical (unpaired) electrons. The van der Waals surface area contributed by atoms with E-state index in [1.54, 1.807) is 0 Å². The van der Waals surface area contributed by atoms with Gasteiger partial charge < -0.3 is 4.90 Å². The van der Waals surface area contributed by atoms with Gasteiger partial charge in [-0.3, -0.25) is 4.98 Å². The van der Waals surface area contributed by atoms with E-state index in [1.807, 2.05) is 24.4 Å². The zero-order chi connectivity index (χ0) is 15.7. The first-order valence-electron chi connectivity index (χ1n) is 7.87. The van der Waals surface area contributed by atoms with Crippen LogP contribution >= 0.6 is 0 Å². The van der Waals surface area contributed by atoms with Crippen LogP contribution in [0.3, 0.4) is 0 Å². The van der Waals surface area contributed by atoms with Crippen LogP contribution in [0.4, 0.5) is 5.69 Å². The Hall–Kier alpha value is -2.34. The van der Waals surface area contributed by atoms with Gasteiger partial charge in [0.1, 0.15) is 0 Å². The monoisotopic (exact) mass is 291 g/mol. The Morgan fingerprint density at radius 1 is 1.27 bits per heavy atom. The molecule has 0 amide bonds. The van der Waals surface area contributed by atoms with Crippen molar-refractivity contribution in [2.75, 3.05) is 11.4 Å². The Labute approximate surface area is 132 Å². The van der Waals surface area contributed by atoms with Gasteiger partial charge in [-0.1, -0.05) is 0 Å². The van der Waals surface area contributed by atoms with E-state index in [0.717, 1.165) is 36.2 Å². The average molecular weight is 291 g/mol. The van der Waals surface area contributed by atoms with Gasteiger partial charge in [0, 0.05) is 30.0 Å². The predicted octanol–water partition coefficient (Wildman–Crippen LogP) is 4.09. The normalized spacial score (nSPS) is 13.9. The van der Waals surface area contributed by atoms with Crippen LogP contribution in [0.5, 0.6) is 0 Å². The smallest absolute Gasteiger partial charge is 0.0999 e. The Kier molecular flexibility index (Phi) is 3.85. The molecule has 0 aliphatic carbocycles. The Morgan fingerprint density at radius 2 is 2.09 bits per heavy atom. The lowest BCUT2D eigenvalue weighted by Gasteiger charge is -2.35. The topological polar surface area (TPSA) is 39.9 Å². The third kappa shape index (κ3) is 2.57. The number of fused-ring (bicyclic) bond motifs is 1. The molecule has 1 aromatic heterocycles. The van der Waals surface area contributed by atoms with Crippen molar-refractivity contribution in [1.29, 1.82) is 5.26 Å². The van der Waals surface area contributed by atoms with Gasteiger partial charge in [0.15, 0.2) is 0 Å². The third-order valence-electron chi connectivity index (χ3n) is 4.31. The van der Waals surface area contributed by atoms with E-state index in [-0.39, 0.29) is 0 Å². The first-order chi connectivity index (χ1) is 10.6. The highest BCUT2D eigenvalue weighted by Gasteiger charge is 2.22. The molecule has 0 fully saturated rings. The minimum Gasteiger partial charge on any atom is -0.369 e. The lowest BCUT2D eigenvalue weighted by molar-refractivity contribution is 0.625. The maximum atomic E-state index is 9.58. The fraction of sp³-hybridized carbons (Fsp3) is 0.368. The van der Waals surface area contributed by atoms with Gasteiger partial charge in [-0.05, 0) is 69.0 Å². The zero-order valence-electron chi connectivity index (χ0n) is 13.4. The van der Waals surface area contributed by atoms with Gasteiger partial charge in [0.2, 0.25) is 0 Å². The fourth-order valence-corrected chi connectivity index (χ4v) is 3.19. The van der Waals surface area contributed by atoms with E-state index in [2.05, 4.69) is 42.8 Å². The van der Waals surface area contributed by atoms with Crippen LogP contribution in [0.15, 0.2) is 30.5 Å². The van der Waals surface area contributed by atoms with Crippen molar-refractivity contribution in [3.8, 4) is 17.3 Å². The molecule has 2 heterocycles. The van der Waals surface area contributed by atoms with Crippen LogP contribution in [0, 0.1) is 18.3 Å². The number of anilines is 1. The number of nitrogens with zero attached hydrogens (tertiary/aromatic N) is 3. The second-order valence-electron chi connectivity index (χ2n) is 6.25. The van der Waals surface area contributed by atoms with Gasteiger partial charge in [-0.2, -0.15) is 5.26 Å². The van der Waals surface area contributed by atoms with Crippen molar-refractivity contribution in [1.82, 2.24) is 4.98 Å². The van der Waals surface area contributed by atoms with E-state index in [9.17, 15) is 5.26 Å². The minimum absolute atomic E-state index is 0.452. The lowest BCUT2D eigenvalue weighted by atomic mass is 9.93. The summed E-state index contributed by atoms with van der Waals surface area (Å²) in [6.45, 7) is 7.53. The van der Waals surface area contributed by atoms with Gasteiger partial charge in [-0.15, -0.1) is 0 Å². The molecule has 0 atom stereocenters. The second kappa shape index (κ2) is 5.81. The molecule has 2 aromatic rings. The summed E-state index contributed by atoms with van der Waals surface area (Å²) in [5.41, 5.74) is 6.27. The van der Waals surface area contributed by atoms with Crippen molar-refractivity contribution >= 4 is 5.69 Å². The molecule has 3 heteroatoms. The molecule has 0 saturated heterocycles. The summed E-state index contributed by atoms with van der Waals surface area (Å²) in [5.74, 6) is 0. The number of hydrogen-bond donors (Lipinski definition) is 0. The first-order valence-corrected chi connectivity index (χ1v) is 7.87. The maximum absolute atomic E-state index is 9.58. The highest BCUT2D eigenvalue weighted by Crippen LogP contribution is 2.35. The molecule has 0 unspecified atom stereocenters. The van der Waals surface area contributed by atoms with Crippen LogP contribution in [0.25, 0.3) is 11.3 Å². The Morgan fingerprint density at radius 3 is 2.77 bits per heavy atom. The summed E-state index contributed by atoms with van der Waals surface area (Å²) in [5, 5.41) is 9.58. The highest BCUT2D eigenvalue weighted by atomic mass is 15.2. The van der Waals surface area contributed by atoms with Crippen molar-refractivity contribution in [3.05, 3.63) is 47.2 Å². The predicted molar refractivity (Wildman–Crippen MR) is 89.9 cm³/mol. The summed E-state index contributed by atoms with van der Waals surface area (Å²) >= 11 is 0. The minimum atomic E-state index is 0.452. The van der Waals surface area contributed by atoms with Gasteiger partial charge >= 0.3 is 0 Å². The van der Waals surface area contributed by atoms with Crippen molar-refractivity contribution in [3.63, 3.8) is 0 Å². The standard InChI is InChI=1S/C19H21N3/c1-13(2)22-8-4-5-15-10-17(16(12-20)11-19(15)22)18-9-14(3)6-7-21-18/h6-7,9-11,13H,4-5,8H2,1-3H3. The number of hydrogen-bond acceptors (Lipinski definition) is 3. The van der Waals surface area contributed by atoms with Crippen molar-refractivity contribution < 1.29 is 0 Å². The quantitative estimate of drug-likeness (QED) is 0.836. The maximum Gasteiger partial charge on any atom is 0.0999 e. The highest BCUT2D eigenvalue weighted by molar-refractivity contribution is 5.74. The van der Waals surface area contributed by atoms with E-state index >= 15 is 0 Å². The molecule has 0 spiro atoms. The van der Waals surface area contributed by atoms with Crippen molar-refractivity contribution in [2.45, 2.75) is 39.7 Å². The molecule has 1 aliphatic rings. The molecule has 1 aliphatic heterocycles. The van der Waals surface area contributed by atoms with Crippen molar-refractivity contribution in [2.24, 2.45) is 0 Å². The summed E-state index contributed by atoms with van der Waals surface area (Å²) in [6, 6.07) is 11.1. The van der Waals surface area contributed by atoms with E-state index in [4.69, 9.17) is 0 Å². The SMILES string of the molecule is Cc1ccnc(-c2cc3c(cc2C#N)N(C(C)C)CCC3)c1. The number of benzene rings is 1.